The van der Waals surface area contributed by atoms with E-state index in [-0.39, 0.29) is 24.7 Å². The molecule has 2 amide bonds. The summed E-state index contributed by atoms with van der Waals surface area (Å²) in [4.78, 5) is 23.5. The minimum absolute atomic E-state index is 0.0194. The molecule has 2 aromatic carbocycles. The van der Waals surface area contributed by atoms with Crippen LogP contribution in [0.25, 0.3) is 0 Å². The number of amides is 2. The molecule has 130 valence electrons. The summed E-state index contributed by atoms with van der Waals surface area (Å²) >= 11 is 15.1. The van der Waals surface area contributed by atoms with E-state index in [2.05, 4.69) is 31.8 Å². The molecule has 0 saturated carbocycles. The number of hydrogen-bond acceptors (Lipinski definition) is 3. The average Bonchev–Trinajstić information content (AvgIpc) is 2.55. The van der Waals surface area contributed by atoms with Crippen LogP contribution in [-0.2, 0) is 9.59 Å². The number of carbonyl (C=O) groups excluding carboxylic acids is 2. The molecule has 2 rings (SSSR count). The molecule has 0 aliphatic heterocycles. The fraction of sp³-hybridized carbons (Fsp3) is 0.118. The quantitative estimate of drug-likeness (QED) is 0.505. The van der Waals surface area contributed by atoms with Gasteiger partial charge in [0.25, 0.3) is 0 Å². The lowest BCUT2D eigenvalue weighted by atomic mass is 10.2. The smallest absolute Gasteiger partial charge is 0.240 e. The number of carbonyl (C=O) groups is 2. The number of hydrazone groups is 1. The first-order valence-corrected chi connectivity index (χ1v) is 8.81. The first-order chi connectivity index (χ1) is 11.9. The van der Waals surface area contributed by atoms with E-state index in [0.717, 1.165) is 4.47 Å². The maximum Gasteiger partial charge on any atom is 0.240 e. The van der Waals surface area contributed by atoms with E-state index >= 15 is 0 Å². The fourth-order valence-corrected chi connectivity index (χ4v) is 2.71. The highest BCUT2D eigenvalue weighted by Crippen LogP contribution is 2.19. The standard InChI is InChI=1S/C17H14BrCl2N3O2/c18-12-2-1-3-14(8-12)22-16(24)6-7-17(25)23-21-10-11-4-5-13(19)9-15(11)20/h1-5,8-10H,6-7H2,(H,22,24)(H,23,25)/b21-10-. The summed E-state index contributed by atoms with van der Waals surface area (Å²) < 4.78 is 0.859. The van der Waals surface area contributed by atoms with Crippen molar-refractivity contribution in [2.24, 2.45) is 5.10 Å². The lowest BCUT2D eigenvalue weighted by molar-refractivity contribution is -0.124. The van der Waals surface area contributed by atoms with Crippen LogP contribution in [0, 0.1) is 0 Å². The average molecular weight is 443 g/mol. The van der Waals surface area contributed by atoms with Crippen LogP contribution in [0.5, 0.6) is 0 Å². The molecule has 0 spiro atoms. The van der Waals surface area contributed by atoms with Crippen molar-refractivity contribution in [2.75, 3.05) is 5.32 Å². The van der Waals surface area contributed by atoms with Crippen molar-refractivity contribution < 1.29 is 9.59 Å². The highest BCUT2D eigenvalue weighted by atomic mass is 79.9. The molecule has 0 aliphatic rings. The maximum atomic E-state index is 11.8. The van der Waals surface area contributed by atoms with Gasteiger partial charge in [-0.05, 0) is 30.3 Å². The Morgan fingerprint density at radius 1 is 1.08 bits per heavy atom. The summed E-state index contributed by atoms with van der Waals surface area (Å²) in [6.07, 6.45) is 1.49. The molecule has 0 radical (unpaired) electrons. The first-order valence-electron chi connectivity index (χ1n) is 7.26. The van der Waals surface area contributed by atoms with Crippen molar-refractivity contribution in [3.8, 4) is 0 Å². The van der Waals surface area contributed by atoms with Gasteiger partial charge in [0.05, 0.1) is 11.2 Å². The van der Waals surface area contributed by atoms with E-state index in [1.165, 1.54) is 6.21 Å². The summed E-state index contributed by atoms with van der Waals surface area (Å²) in [7, 11) is 0. The molecule has 2 N–H and O–H groups in total. The Kier molecular flexibility index (Phi) is 7.43. The van der Waals surface area contributed by atoms with Gasteiger partial charge in [0.15, 0.2) is 0 Å². The minimum atomic E-state index is -0.370. The van der Waals surface area contributed by atoms with Gasteiger partial charge >= 0.3 is 0 Å². The highest BCUT2D eigenvalue weighted by molar-refractivity contribution is 9.10. The summed E-state index contributed by atoms with van der Waals surface area (Å²) in [5, 5.41) is 7.48. The van der Waals surface area contributed by atoms with Crippen LogP contribution in [0.4, 0.5) is 5.69 Å². The molecular formula is C17H14BrCl2N3O2. The van der Waals surface area contributed by atoms with Gasteiger partial charge in [0.2, 0.25) is 11.8 Å². The summed E-state index contributed by atoms with van der Waals surface area (Å²) in [5.41, 5.74) is 3.64. The number of benzene rings is 2. The minimum Gasteiger partial charge on any atom is -0.326 e. The first kappa shape index (κ1) is 19.4. The van der Waals surface area contributed by atoms with Crippen LogP contribution in [0.3, 0.4) is 0 Å². The summed E-state index contributed by atoms with van der Waals surface area (Å²) in [6, 6.07) is 12.1. The van der Waals surface area contributed by atoms with Crippen molar-refractivity contribution >= 4 is 62.8 Å². The third-order valence-electron chi connectivity index (χ3n) is 3.04. The SMILES string of the molecule is O=C(CCC(=O)Nc1cccc(Br)c1)N/N=C\c1ccc(Cl)cc1Cl. The Morgan fingerprint density at radius 3 is 2.56 bits per heavy atom. The molecule has 5 nitrogen and oxygen atoms in total. The van der Waals surface area contributed by atoms with Crippen LogP contribution >= 0.6 is 39.1 Å². The lowest BCUT2D eigenvalue weighted by Crippen LogP contribution is -2.20. The van der Waals surface area contributed by atoms with Crippen molar-refractivity contribution in [2.45, 2.75) is 12.8 Å². The van der Waals surface area contributed by atoms with E-state index in [4.69, 9.17) is 23.2 Å². The van der Waals surface area contributed by atoms with Gasteiger partial charge < -0.3 is 5.32 Å². The number of nitrogens with one attached hydrogen (secondary N) is 2. The molecule has 0 fully saturated rings. The number of nitrogens with zero attached hydrogens (tertiary/aromatic N) is 1. The van der Waals surface area contributed by atoms with Crippen LogP contribution < -0.4 is 10.7 Å². The predicted molar refractivity (Wildman–Crippen MR) is 104 cm³/mol. The molecule has 2 aromatic rings. The summed E-state index contributed by atoms with van der Waals surface area (Å²) in [6.45, 7) is 0. The molecule has 0 saturated heterocycles. The Morgan fingerprint density at radius 2 is 1.84 bits per heavy atom. The lowest BCUT2D eigenvalue weighted by Gasteiger charge is -2.05. The molecule has 0 aromatic heterocycles. The predicted octanol–water partition coefficient (Wildman–Crippen LogP) is 4.62. The Bertz CT molecular complexity index is 812. The van der Waals surface area contributed by atoms with Gasteiger partial charge in [-0.2, -0.15) is 5.10 Å². The van der Waals surface area contributed by atoms with E-state index in [1.807, 2.05) is 12.1 Å². The van der Waals surface area contributed by atoms with Gasteiger partial charge in [-0.1, -0.05) is 51.3 Å². The number of hydrogen-bond donors (Lipinski definition) is 2. The highest BCUT2D eigenvalue weighted by Gasteiger charge is 2.07. The third-order valence-corrected chi connectivity index (χ3v) is 4.10. The van der Waals surface area contributed by atoms with E-state index < -0.39 is 0 Å². The largest absolute Gasteiger partial charge is 0.326 e. The van der Waals surface area contributed by atoms with Gasteiger partial charge in [0, 0.05) is 33.6 Å². The molecule has 0 bridgehead atoms. The Labute approximate surface area is 163 Å². The summed E-state index contributed by atoms with van der Waals surface area (Å²) in [5.74, 6) is -0.622. The fourth-order valence-electron chi connectivity index (χ4n) is 1.85. The zero-order chi connectivity index (χ0) is 18.2. The zero-order valence-corrected chi connectivity index (χ0v) is 16.0. The molecule has 0 heterocycles. The van der Waals surface area contributed by atoms with Gasteiger partial charge in [-0.25, -0.2) is 5.43 Å². The van der Waals surface area contributed by atoms with E-state index in [9.17, 15) is 9.59 Å². The van der Waals surface area contributed by atoms with Crippen LogP contribution in [0.2, 0.25) is 10.0 Å². The van der Waals surface area contributed by atoms with Crippen molar-refractivity contribution in [1.29, 1.82) is 0 Å². The normalized spacial score (nSPS) is 10.7. The van der Waals surface area contributed by atoms with Crippen LogP contribution in [0.15, 0.2) is 52.0 Å². The maximum absolute atomic E-state index is 11.8. The molecule has 25 heavy (non-hydrogen) atoms. The monoisotopic (exact) mass is 441 g/mol. The van der Waals surface area contributed by atoms with Crippen LogP contribution in [0.1, 0.15) is 18.4 Å². The van der Waals surface area contributed by atoms with Crippen LogP contribution in [-0.4, -0.2) is 18.0 Å². The second kappa shape index (κ2) is 9.56. The second-order valence-electron chi connectivity index (χ2n) is 5.02. The molecule has 0 unspecified atom stereocenters. The van der Waals surface area contributed by atoms with Gasteiger partial charge in [-0.15, -0.1) is 0 Å². The molecule has 0 aliphatic carbocycles. The molecule has 0 atom stereocenters. The molecular weight excluding hydrogens is 429 g/mol. The Hall–Kier alpha value is -1.89. The van der Waals surface area contributed by atoms with Gasteiger partial charge in [0.1, 0.15) is 0 Å². The number of rotatable bonds is 6. The topological polar surface area (TPSA) is 70.6 Å². The molecule has 8 heteroatoms. The van der Waals surface area contributed by atoms with Crippen molar-refractivity contribution in [1.82, 2.24) is 5.43 Å². The van der Waals surface area contributed by atoms with Crippen molar-refractivity contribution in [3.63, 3.8) is 0 Å². The second-order valence-corrected chi connectivity index (χ2v) is 6.78. The number of anilines is 1. The zero-order valence-electron chi connectivity index (χ0n) is 12.9. The van der Waals surface area contributed by atoms with Crippen molar-refractivity contribution in [3.05, 3.63) is 62.5 Å². The third kappa shape index (κ3) is 6.86. The van der Waals surface area contributed by atoms with Gasteiger partial charge in [-0.3, -0.25) is 9.59 Å². The van der Waals surface area contributed by atoms with E-state index in [0.29, 0.717) is 21.3 Å². The Balaban J connectivity index is 1.76. The number of halogens is 3. The van der Waals surface area contributed by atoms with E-state index in [1.54, 1.807) is 30.3 Å².